The van der Waals surface area contributed by atoms with Crippen LogP contribution in [0.1, 0.15) is 119 Å². The summed E-state index contributed by atoms with van der Waals surface area (Å²) >= 11 is 0. The summed E-state index contributed by atoms with van der Waals surface area (Å²) in [5.74, 6) is 5.31. The molecule has 0 bridgehead atoms. The van der Waals surface area contributed by atoms with Crippen molar-refractivity contribution in [2.24, 2.45) is 46.3 Å². The fourth-order valence-electron chi connectivity index (χ4n) is 9.82. The Kier molecular flexibility index (Phi) is 9.93. The molecule has 0 aromatic carbocycles. The number of nitrogens with zero attached hydrogens (tertiary/aromatic N) is 1. The predicted molar refractivity (Wildman–Crippen MR) is 153 cm³/mol. The number of aliphatic hydroxyl groups excluding tert-OH is 1. The minimum absolute atomic E-state index is 0. The minimum atomic E-state index is -0.109. The molecule has 4 rings (SSSR count). The highest BCUT2D eigenvalue weighted by atomic mass is 35.5. The second-order valence-corrected chi connectivity index (χ2v) is 14.0. The summed E-state index contributed by atoms with van der Waals surface area (Å²) in [6.07, 6.45) is 14.5. The Morgan fingerprint density at radius 3 is 2.29 bits per heavy atom. The fraction of sp³-hybridized carbons (Fsp3) is 0.938. The summed E-state index contributed by atoms with van der Waals surface area (Å²) < 4.78 is 0. The summed E-state index contributed by atoms with van der Waals surface area (Å²) in [6, 6.07) is 0. The monoisotopic (exact) mass is 507 g/mol. The molecule has 35 heavy (non-hydrogen) atoms. The summed E-state index contributed by atoms with van der Waals surface area (Å²) in [4.78, 5) is 2.63. The Morgan fingerprint density at radius 1 is 0.914 bits per heavy atom. The van der Waals surface area contributed by atoms with E-state index in [1.54, 1.807) is 11.1 Å². The number of fused-ring (bicyclic) bond motifs is 5. The lowest BCUT2D eigenvalue weighted by atomic mass is 9.46. The molecule has 204 valence electrons. The van der Waals surface area contributed by atoms with E-state index in [2.05, 4.69) is 53.4 Å². The van der Waals surface area contributed by atoms with Crippen molar-refractivity contribution in [3.05, 3.63) is 11.1 Å². The number of halogens is 1. The van der Waals surface area contributed by atoms with Crippen LogP contribution in [0.4, 0.5) is 0 Å². The van der Waals surface area contributed by atoms with Crippen LogP contribution in [-0.2, 0) is 0 Å². The highest BCUT2D eigenvalue weighted by molar-refractivity contribution is 5.85. The number of likely N-dealkylation sites (N-methyl/N-ethyl adjacent to an activating group) is 1. The molecule has 0 aromatic heterocycles. The molecule has 0 aromatic rings. The van der Waals surface area contributed by atoms with E-state index >= 15 is 0 Å². The van der Waals surface area contributed by atoms with Gasteiger partial charge >= 0.3 is 0 Å². The maximum atomic E-state index is 10.7. The molecule has 3 fully saturated rings. The molecule has 3 heteroatoms. The van der Waals surface area contributed by atoms with Gasteiger partial charge < -0.3 is 5.11 Å². The number of rotatable bonds is 9. The van der Waals surface area contributed by atoms with E-state index in [9.17, 15) is 5.11 Å². The molecule has 1 unspecified atom stereocenters. The Labute approximate surface area is 224 Å². The van der Waals surface area contributed by atoms with Gasteiger partial charge in [0.15, 0.2) is 0 Å². The van der Waals surface area contributed by atoms with Crippen molar-refractivity contribution < 1.29 is 5.11 Å². The average molecular weight is 508 g/mol. The van der Waals surface area contributed by atoms with Crippen molar-refractivity contribution in [3.8, 4) is 0 Å². The van der Waals surface area contributed by atoms with E-state index < -0.39 is 0 Å². The van der Waals surface area contributed by atoms with E-state index in [1.165, 1.54) is 57.8 Å². The third kappa shape index (κ3) is 5.56. The van der Waals surface area contributed by atoms with E-state index in [1.807, 2.05) is 0 Å². The number of hydrogen-bond donors (Lipinski definition) is 1. The Balaban J connectivity index is 0.00000342. The summed E-state index contributed by atoms with van der Waals surface area (Å²) in [5.41, 5.74) is 4.33. The van der Waals surface area contributed by atoms with Gasteiger partial charge in [-0.05, 0) is 111 Å². The Bertz CT molecular complexity index is 729. The van der Waals surface area contributed by atoms with Gasteiger partial charge in [0.25, 0.3) is 0 Å². The van der Waals surface area contributed by atoms with Crippen molar-refractivity contribution in [3.63, 3.8) is 0 Å². The van der Waals surface area contributed by atoms with Gasteiger partial charge in [0, 0.05) is 6.54 Å². The zero-order valence-corrected chi connectivity index (χ0v) is 25.1. The van der Waals surface area contributed by atoms with Gasteiger partial charge in [-0.2, -0.15) is 0 Å². The molecule has 0 aliphatic heterocycles. The highest BCUT2D eigenvalue weighted by Crippen LogP contribution is 2.68. The second kappa shape index (κ2) is 11.8. The lowest BCUT2D eigenvalue weighted by Gasteiger charge is -2.59. The summed E-state index contributed by atoms with van der Waals surface area (Å²) in [5, 5.41) is 10.7. The predicted octanol–water partition coefficient (Wildman–Crippen LogP) is 8.52. The minimum Gasteiger partial charge on any atom is -0.393 e. The molecule has 3 saturated carbocycles. The van der Waals surface area contributed by atoms with Gasteiger partial charge in [0.2, 0.25) is 0 Å². The number of aliphatic hydroxyl groups is 1. The second-order valence-electron chi connectivity index (χ2n) is 14.0. The third-order valence-electron chi connectivity index (χ3n) is 11.8. The van der Waals surface area contributed by atoms with Gasteiger partial charge in [-0.3, -0.25) is 4.90 Å². The molecule has 0 amide bonds. The highest BCUT2D eigenvalue weighted by Gasteiger charge is 2.60. The zero-order valence-electron chi connectivity index (χ0n) is 24.2. The Hall–Kier alpha value is -0.0500. The van der Waals surface area contributed by atoms with Crippen LogP contribution in [0.25, 0.3) is 0 Å². The molecular weight excluding hydrogens is 450 g/mol. The first-order valence-electron chi connectivity index (χ1n) is 15.3. The van der Waals surface area contributed by atoms with Gasteiger partial charge in [0.05, 0.1) is 6.10 Å². The molecular formula is C32H58ClNO. The van der Waals surface area contributed by atoms with Gasteiger partial charge in [0.1, 0.15) is 0 Å². The first-order valence-corrected chi connectivity index (χ1v) is 15.3. The number of hydrogen-bond acceptors (Lipinski definition) is 2. The van der Waals surface area contributed by atoms with Crippen LogP contribution in [0.5, 0.6) is 0 Å². The van der Waals surface area contributed by atoms with Crippen LogP contribution in [0.3, 0.4) is 0 Å². The molecule has 8 atom stereocenters. The topological polar surface area (TPSA) is 23.5 Å². The van der Waals surface area contributed by atoms with E-state index in [0.717, 1.165) is 68.0 Å². The van der Waals surface area contributed by atoms with Crippen molar-refractivity contribution in [1.29, 1.82) is 0 Å². The summed E-state index contributed by atoms with van der Waals surface area (Å²) in [6.45, 7) is 20.7. The maximum absolute atomic E-state index is 10.7. The van der Waals surface area contributed by atoms with E-state index in [0.29, 0.717) is 10.8 Å². The molecule has 1 N–H and O–H groups in total. The summed E-state index contributed by atoms with van der Waals surface area (Å²) in [7, 11) is 0. The molecule has 0 radical (unpaired) electrons. The Morgan fingerprint density at radius 2 is 1.63 bits per heavy atom. The van der Waals surface area contributed by atoms with Crippen LogP contribution in [0, 0.1) is 46.3 Å². The largest absolute Gasteiger partial charge is 0.393 e. The smallest absolute Gasteiger partial charge is 0.0578 e. The van der Waals surface area contributed by atoms with Crippen molar-refractivity contribution in [2.75, 3.05) is 19.6 Å². The normalized spacial score (nSPS) is 39.8. The van der Waals surface area contributed by atoms with Crippen molar-refractivity contribution >= 4 is 12.4 Å². The van der Waals surface area contributed by atoms with Crippen LogP contribution < -0.4 is 0 Å². The van der Waals surface area contributed by atoms with Crippen LogP contribution in [-0.4, -0.2) is 35.7 Å². The first kappa shape index (κ1) is 29.5. The van der Waals surface area contributed by atoms with Gasteiger partial charge in [-0.1, -0.05) is 78.9 Å². The molecule has 4 aliphatic carbocycles. The van der Waals surface area contributed by atoms with Gasteiger partial charge in [-0.25, -0.2) is 0 Å². The van der Waals surface area contributed by atoms with E-state index in [-0.39, 0.29) is 18.5 Å². The van der Waals surface area contributed by atoms with E-state index in [4.69, 9.17) is 0 Å². The van der Waals surface area contributed by atoms with Crippen LogP contribution >= 0.6 is 12.4 Å². The quantitative estimate of drug-likeness (QED) is 0.316. The molecule has 0 heterocycles. The molecule has 4 aliphatic rings. The lowest BCUT2D eigenvalue weighted by molar-refractivity contribution is -0.0605. The lowest BCUT2D eigenvalue weighted by Crippen LogP contribution is -2.52. The third-order valence-corrected chi connectivity index (χ3v) is 11.8. The van der Waals surface area contributed by atoms with Crippen LogP contribution in [0.2, 0.25) is 0 Å². The molecule has 0 spiro atoms. The standard InChI is InChI=1S/C32H57NO.ClH/c1-8-33(9-2)21-24-19-26-28-14-13-27(23(5)12-10-11-22(3)4)31(28,6)18-16-29(26)32(7)17-15-25(34)20-30(24)32;/h22-23,25-29,34H,8-21H2,1-7H3;1H/t23?,25-,26-,27+,28-,29-,31+,32+;/m0./s1. The maximum Gasteiger partial charge on any atom is 0.0578 e. The molecule has 2 nitrogen and oxygen atoms in total. The van der Waals surface area contributed by atoms with Crippen molar-refractivity contribution in [1.82, 2.24) is 4.90 Å². The zero-order chi connectivity index (χ0) is 24.7. The van der Waals surface area contributed by atoms with Gasteiger partial charge in [-0.15, -0.1) is 12.4 Å². The SMILES string of the molecule is CCN(CC)CC1=C2C[C@@H](O)CC[C@]2(C)[C@H]2CC[C@]3(C)[C@@H](C(C)CCCC(C)C)CC[C@H]3[C@@H]2C1.Cl. The average Bonchev–Trinajstić information content (AvgIpc) is 3.15. The fourth-order valence-corrected chi connectivity index (χ4v) is 9.82. The first-order chi connectivity index (χ1) is 16.1. The van der Waals surface area contributed by atoms with Crippen LogP contribution in [0.15, 0.2) is 11.1 Å². The van der Waals surface area contributed by atoms with Crippen molar-refractivity contribution in [2.45, 2.75) is 125 Å². The molecule has 0 saturated heterocycles.